The van der Waals surface area contributed by atoms with E-state index in [0.29, 0.717) is 12.6 Å². The Balaban J connectivity index is 3.68. The summed E-state index contributed by atoms with van der Waals surface area (Å²) in [5.74, 6) is 1.97. The third-order valence-corrected chi connectivity index (χ3v) is 2.89. The molecule has 0 saturated carbocycles. The molecule has 1 N–H and O–H groups in total. The first kappa shape index (κ1) is 13.8. The summed E-state index contributed by atoms with van der Waals surface area (Å²) in [4.78, 5) is 11.3. The van der Waals surface area contributed by atoms with Gasteiger partial charge < -0.3 is 10.1 Å². The van der Waals surface area contributed by atoms with Gasteiger partial charge in [-0.1, -0.05) is 6.92 Å². The van der Waals surface area contributed by atoms with Crippen molar-refractivity contribution in [2.45, 2.75) is 39.8 Å². The largest absolute Gasteiger partial charge is 0.465 e. The second-order valence-electron chi connectivity index (χ2n) is 3.20. The van der Waals surface area contributed by atoms with E-state index >= 15 is 0 Å². The van der Waals surface area contributed by atoms with Crippen LogP contribution in [0.25, 0.3) is 0 Å². The summed E-state index contributed by atoms with van der Waals surface area (Å²) in [6.45, 7) is 8.32. The van der Waals surface area contributed by atoms with E-state index in [1.54, 1.807) is 0 Å². The van der Waals surface area contributed by atoms with Crippen molar-refractivity contribution in [2.75, 3.05) is 18.1 Å². The number of hydrogen-bond acceptors (Lipinski definition) is 4. The molecule has 0 aromatic rings. The number of rotatable bonds is 7. The maximum atomic E-state index is 11.3. The number of carbonyl (C=O) groups is 1. The maximum absolute atomic E-state index is 11.3. The zero-order valence-corrected chi connectivity index (χ0v) is 10.3. The summed E-state index contributed by atoms with van der Waals surface area (Å²) in [5, 5.41) is 3.20. The highest BCUT2D eigenvalue weighted by molar-refractivity contribution is 7.99. The van der Waals surface area contributed by atoms with Crippen LogP contribution in [0.2, 0.25) is 0 Å². The van der Waals surface area contributed by atoms with E-state index in [0.717, 1.165) is 11.5 Å². The summed E-state index contributed by atoms with van der Waals surface area (Å²) in [6.07, 6.45) is 0. The Bertz CT molecular complexity index is 164. The van der Waals surface area contributed by atoms with Gasteiger partial charge in [-0.05, 0) is 26.5 Å². The molecule has 84 valence electrons. The molecule has 0 heterocycles. The van der Waals surface area contributed by atoms with Crippen molar-refractivity contribution in [3.8, 4) is 0 Å². The lowest BCUT2D eigenvalue weighted by molar-refractivity contribution is -0.145. The fraction of sp³-hybridized carbons (Fsp3) is 0.900. The first-order valence-corrected chi connectivity index (χ1v) is 6.27. The van der Waals surface area contributed by atoms with E-state index < -0.39 is 0 Å². The second-order valence-corrected chi connectivity index (χ2v) is 4.52. The lowest BCUT2D eigenvalue weighted by Gasteiger charge is -2.18. The average Bonchev–Trinajstić information content (AvgIpc) is 2.15. The van der Waals surface area contributed by atoms with E-state index in [-0.39, 0.29) is 12.0 Å². The summed E-state index contributed by atoms with van der Waals surface area (Å²) in [5.41, 5.74) is 0. The lowest BCUT2D eigenvalue weighted by Crippen LogP contribution is -2.42. The highest BCUT2D eigenvalue weighted by Gasteiger charge is 2.15. The third-order valence-electron chi connectivity index (χ3n) is 1.75. The number of thioether (sulfide) groups is 1. The number of nitrogens with one attached hydrogen (secondary N) is 1. The first-order chi connectivity index (χ1) is 6.61. The van der Waals surface area contributed by atoms with Crippen molar-refractivity contribution in [1.29, 1.82) is 0 Å². The zero-order chi connectivity index (χ0) is 11.0. The van der Waals surface area contributed by atoms with Crippen molar-refractivity contribution in [2.24, 2.45) is 0 Å². The van der Waals surface area contributed by atoms with Crippen LogP contribution in [-0.4, -0.2) is 36.2 Å². The van der Waals surface area contributed by atoms with Crippen LogP contribution in [0.3, 0.4) is 0 Å². The van der Waals surface area contributed by atoms with Gasteiger partial charge in [0.25, 0.3) is 0 Å². The van der Waals surface area contributed by atoms with Gasteiger partial charge in [0.05, 0.1) is 6.61 Å². The molecule has 0 rings (SSSR count). The van der Waals surface area contributed by atoms with Crippen LogP contribution in [0.5, 0.6) is 0 Å². The normalized spacial score (nSPS) is 14.9. The SMILES string of the molecule is CCOC(=O)C(C)NC(C)CSCC. The summed E-state index contributed by atoms with van der Waals surface area (Å²) in [6, 6.07) is 0.141. The second kappa shape index (κ2) is 8.12. The predicted octanol–water partition coefficient (Wildman–Crippen LogP) is 1.67. The van der Waals surface area contributed by atoms with Crippen molar-refractivity contribution >= 4 is 17.7 Å². The van der Waals surface area contributed by atoms with Crippen LogP contribution in [0.1, 0.15) is 27.7 Å². The first-order valence-electron chi connectivity index (χ1n) is 5.12. The van der Waals surface area contributed by atoms with Crippen LogP contribution in [0.4, 0.5) is 0 Å². The Hall–Kier alpha value is -0.220. The topological polar surface area (TPSA) is 38.3 Å². The van der Waals surface area contributed by atoms with Crippen LogP contribution in [0.15, 0.2) is 0 Å². The van der Waals surface area contributed by atoms with Crippen LogP contribution in [0, 0.1) is 0 Å². The van der Waals surface area contributed by atoms with Crippen LogP contribution < -0.4 is 5.32 Å². The fourth-order valence-electron chi connectivity index (χ4n) is 1.10. The Morgan fingerprint density at radius 1 is 1.43 bits per heavy atom. The molecule has 0 radical (unpaired) electrons. The minimum Gasteiger partial charge on any atom is -0.465 e. The van der Waals surface area contributed by atoms with E-state index in [9.17, 15) is 4.79 Å². The number of ether oxygens (including phenoxy) is 1. The van der Waals surface area contributed by atoms with Crippen molar-refractivity contribution in [1.82, 2.24) is 5.32 Å². The molecule has 0 amide bonds. The predicted molar refractivity (Wildman–Crippen MR) is 61.7 cm³/mol. The molecular weight excluding hydrogens is 198 g/mol. The van der Waals surface area contributed by atoms with E-state index in [1.165, 1.54) is 0 Å². The van der Waals surface area contributed by atoms with Gasteiger partial charge in [0.2, 0.25) is 0 Å². The Morgan fingerprint density at radius 3 is 2.57 bits per heavy atom. The molecule has 0 aliphatic heterocycles. The molecule has 3 nitrogen and oxygen atoms in total. The summed E-state index contributed by atoms with van der Waals surface area (Å²) >= 11 is 1.87. The Kier molecular flexibility index (Phi) is 7.99. The molecule has 0 aromatic heterocycles. The molecule has 14 heavy (non-hydrogen) atoms. The van der Waals surface area contributed by atoms with Crippen LogP contribution in [-0.2, 0) is 9.53 Å². The Labute approximate surface area is 91.0 Å². The van der Waals surface area contributed by atoms with Gasteiger partial charge in [-0.15, -0.1) is 0 Å². The summed E-state index contributed by atoms with van der Waals surface area (Å²) < 4.78 is 4.90. The van der Waals surface area contributed by atoms with E-state index in [4.69, 9.17) is 4.74 Å². The summed E-state index contributed by atoms with van der Waals surface area (Å²) in [7, 11) is 0. The van der Waals surface area contributed by atoms with Gasteiger partial charge in [0, 0.05) is 11.8 Å². The molecule has 4 heteroatoms. The lowest BCUT2D eigenvalue weighted by atomic mass is 10.3. The quantitative estimate of drug-likeness (QED) is 0.661. The van der Waals surface area contributed by atoms with Gasteiger partial charge in [0.1, 0.15) is 6.04 Å². The molecule has 2 unspecified atom stereocenters. The molecule has 0 spiro atoms. The zero-order valence-electron chi connectivity index (χ0n) is 9.50. The molecule has 0 bridgehead atoms. The average molecular weight is 219 g/mol. The number of carbonyl (C=O) groups excluding carboxylic acids is 1. The van der Waals surface area contributed by atoms with Gasteiger partial charge in [0.15, 0.2) is 0 Å². The van der Waals surface area contributed by atoms with Crippen LogP contribution >= 0.6 is 11.8 Å². The maximum Gasteiger partial charge on any atom is 0.322 e. The molecule has 0 aliphatic carbocycles. The Morgan fingerprint density at radius 2 is 2.07 bits per heavy atom. The van der Waals surface area contributed by atoms with Gasteiger partial charge >= 0.3 is 5.97 Å². The molecule has 0 aliphatic rings. The van der Waals surface area contributed by atoms with E-state index in [1.807, 2.05) is 25.6 Å². The smallest absolute Gasteiger partial charge is 0.322 e. The van der Waals surface area contributed by atoms with Gasteiger partial charge in [-0.25, -0.2) is 0 Å². The molecule has 0 fully saturated rings. The van der Waals surface area contributed by atoms with Crippen molar-refractivity contribution < 1.29 is 9.53 Å². The standard InChI is InChI=1S/C10H21NO2S/c1-5-13-10(12)9(4)11-8(3)7-14-6-2/h8-9,11H,5-7H2,1-4H3. The van der Waals surface area contributed by atoms with E-state index in [2.05, 4.69) is 19.2 Å². The highest BCUT2D eigenvalue weighted by Crippen LogP contribution is 2.02. The number of hydrogen-bond donors (Lipinski definition) is 1. The molecule has 0 saturated heterocycles. The molecule has 2 atom stereocenters. The molecule has 0 aromatic carbocycles. The number of esters is 1. The van der Waals surface area contributed by atoms with Crippen molar-refractivity contribution in [3.63, 3.8) is 0 Å². The minimum absolute atomic E-state index is 0.166. The minimum atomic E-state index is -0.206. The third kappa shape index (κ3) is 6.27. The van der Waals surface area contributed by atoms with Gasteiger partial charge in [-0.2, -0.15) is 11.8 Å². The van der Waals surface area contributed by atoms with Crippen molar-refractivity contribution in [3.05, 3.63) is 0 Å². The fourth-order valence-corrected chi connectivity index (χ4v) is 1.79. The molecular formula is C10H21NO2S. The highest BCUT2D eigenvalue weighted by atomic mass is 32.2. The van der Waals surface area contributed by atoms with Gasteiger partial charge in [-0.3, -0.25) is 4.79 Å². The monoisotopic (exact) mass is 219 g/mol.